The van der Waals surface area contributed by atoms with Crippen LogP contribution in [0, 0.1) is 0 Å². The maximum absolute atomic E-state index is 6.40. The molecule has 0 aliphatic heterocycles. The predicted molar refractivity (Wildman–Crippen MR) is 217 cm³/mol. The molecule has 0 N–H and O–H groups in total. The van der Waals surface area contributed by atoms with Gasteiger partial charge in [-0.2, -0.15) is 0 Å². The number of hydrogen-bond donors (Lipinski definition) is 0. The molecule has 4 aromatic carbocycles. The first kappa shape index (κ1) is 36.4. The Morgan fingerprint density at radius 1 is 0.673 bits per heavy atom. The zero-order chi connectivity index (χ0) is 32.9. The van der Waals surface area contributed by atoms with E-state index in [-0.39, 0.29) is 35.6 Å². The second-order valence-electron chi connectivity index (χ2n) is 15.0. The van der Waals surface area contributed by atoms with Gasteiger partial charge in [-0.05, 0) is 0 Å². The Morgan fingerprint density at radius 3 is 1.73 bits per heavy atom. The summed E-state index contributed by atoms with van der Waals surface area (Å²) in [4.78, 5) is 0. The van der Waals surface area contributed by atoms with E-state index in [0.717, 1.165) is 22.9 Å². The molecule has 0 saturated carbocycles. The first-order chi connectivity index (χ1) is 22.4. The Hall–Kier alpha value is -2.38. The van der Waals surface area contributed by atoms with Gasteiger partial charge in [0.1, 0.15) is 0 Å². The quantitative estimate of drug-likeness (QED) is 0.170. The number of hydrogen-bond acceptors (Lipinski definition) is 0. The van der Waals surface area contributed by atoms with E-state index in [0.29, 0.717) is 0 Å². The largest absolute Gasteiger partial charge is 0.147 e. The molecule has 0 amide bonds. The average Bonchev–Trinajstić information content (AvgIpc) is 3.78. The van der Waals surface area contributed by atoms with Gasteiger partial charge in [0.15, 0.2) is 0 Å². The smallest absolute Gasteiger partial charge is 0.147 e. The van der Waals surface area contributed by atoms with Crippen LogP contribution in [-0.4, -0.2) is 7.42 Å². The molecule has 8 rings (SSSR count). The monoisotopic (exact) mass is 800 g/mol. The van der Waals surface area contributed by atoms with Gasteiger partial charge in [0.2, 0.25) is 0 Å². The summed E-state index contributed by atoms with van der Waals surface area (Å²) in [6.45, 7) is 14.3. The third kappa shape index (κ3) is 5.87. The zero-order valence-corrected chi connectivity index (χ0v) is 34.5. The third-order valence-corrected chi connectivity index (χ3v) is 23.6. The van der Waals surface area contributed by atoms with Crippen LogP contribution < -0.4 is 0 Å². The van der Waals surface area contributed by atoms with E-state index in [1.165, 1.54) is 66.8 Å². The normalized spacial score (nSPS) is 17.0. The average molecular weight is 804 g/mol. The van der Waals surface area contributed by atoms with Crippen LogP contribution >= 0.6 is 48.0 Å². The van der Waals surface area contributed by atoms with Gasteiger partial charge in [-0.25, -0.2) is 0 Å². The standard InChI is InChI=1S/C25H25.2C7H5Cl.C5H5.2ClH.Zr/c1-14-12-24(3,4)22-8-16-7-17-9-23-19(15(2)13-25(23,5)6)11-21(17)20(16)10-18(14)22;2*1-6-2-4-7(8)5-3-6;1-2-4-5-3-1;;;/h8-12H,7H2,1-6H3;2*1-5H;1-3H,4H2;2*1H;. The molecule has 0 radical (unpaired) electrons. The SMILES string of the molecule is CC1=CC(C)(C)c2cc3c(cc21)-c1cc2c(cc1C3)C(C)(C)[C]([Zr](=[CH]c1ccc(Cl)cc1)(=[CH]c1ccc(Cl)cc1)[C]1=CC=CC1)=C2C.Cl.Cl. The molecular formula is C44H42Cl4Zr. The van der Waals surface area contributed by atoms with Crippen LogP contribution in [0.15, 0.2) is 104 Å². The van der Waals surface area contributed by atoms with E-state index in [9.17, 15) is 0 Å². The maximum Gasteiger partial charge on any atom is -0.147 e. The third-order valence-electron chi connectivity index (χ3n) is 11.2. The Bertz CT molecular complexity index is 2220. The molecule has 0 saturated heterocycles. The Labute approximate surface area is 317 Å². The topological polar surface area (TPSA) is 0 Å². The summed E-state index contributed by atoms with van der Waals surface area (Å²) < 4.78 is 8.57. The van der Waals surface area contributed by atoms with E-state index in [1.807, 2.05) is 24.3 Å². The molecule has 0 aromatic heterocycles. The molecule has 5 heteroatoms. The van der Waals surface area contributed by atoms with Crippen molar-refractivity contribution in [3.8, 4) is 11.1 Å². The van der Waals surface area contributed by atoms with Crippen LogP contribution in [0.2, 0.25) is 10.0 Å². The van der Waals surface area contributed by atoms with Crippen LogP contribution in [0.25, 0.3) is 22.3 Å². The summed E-state index contributed by atoms with van der Waals surface area (Å²) in [5.41, 5.74) is 16.9. The van der Waals surface area contributed by atoms with Crippen molar-refractivity contribution in [1.82, 2.24) is 0 Å². The van der Waals surface area contributed by atoms with Gasteiger partial charge in [-0.3, -0.25) is 0 Å². The van der Waals surface area contributed by atoms with Gasteiger partial charge in [0, 0.05) is 0 Å². The van der Waals surface area contributed by atoms with Gasteiger partial charge in [-0.1, -0.05) is 0 Å². The number of allylic oxidation sites excluding steroid dienone is 8. The number of fused-ring (bicyclic) bond motifs is 5. The van der Waals surface area contributed by atoms with Crippen LogP contribution in [0.3, 0.4) is 0 Å². The molecule has 4 aliphatic rings. The fourth-order valence-corrected chi connectivity index (χ4v) is 22.3. The van der Waals surface area contributed by atoms with Crippen molar-refractivity contribution < 1.29 is 19.3 Å². The van der Waals surface area contributed by atoms with Crippen molar-refractivity contribution in [3.63, 3.8) is 0 Å². The predicted octanol–water partition coefficient (Wildman–Crippen LogP) is 12.8. The van der Waals surface area contributed by atoms with Crippen molar-refractivity contribution in [1.29, 1.82) is 0 Å². The van der Waals surface area contributed by atoms with Gasteiger partial charge in [-0.15, -0.1) is 24.8 Å². The molecule has 0 heterocycles. The summed E-state index contributed by atoms with van der Waals surface area (Å²) in [5, 5.41) is 1.54. The van der Waals surface area contributed by atoms with Crippen LogP contribution in [-0.2, 0) is 36.5 Å². The number of rotatable bonds is 4. The van der Waals surface area contributed by atoms with Crippen LogP contribution in [0.5, 0.6) is 0 Å². The fraction of sp³-hybridized carbons (Fsp3) is 0.227. The number of benzene rings is 4. The summed E-state index contributed by atoms with van der Waals surface area (Å²) in [6, 6.07) is 27.0. The van der Waals surface area contributed by atoms with Crippen LogP contribution in [0.4, 0.5) is 0 Å². The summed E-state index contributed by atoms with van der Waals surface area (Å²) in [6.07, 6.45) is 11.4. The van der Waals surface area contributed by atoms with Crippen molar-refractivity contribution in [2.24, 2.45) is 0 Å². The van der Waals surface area contributed by atoms with E-state index in [2.05, 4.69) is 122 Å². The second kappa shape index (κ2) is 13.0. The van der Waals surface area contributed by atoms with E-state index in [4.69, 9.17) is 23.2 Å². The fourth-order valence-electron chi connectivity index (χ4n) is 9.17. The van der Waals surface area contributed by atoms with Gasteiger partial charge >= 0.3 is 296 Å². The molecular weight excluding hydrogens is 762 g/mol. The van der Waals surface area contributed by atoms with Gasteiger partial charge in [0.05, 0.1) is 0 Å². The Balaban J connectivity index is 0.00000208. The number of halogens is 4. The molecule has 0 spiro atoms. The summed E-state index contributed by atoms with van der Waals surface area (Å²) in [7, 11) is 0. The molecule has 0 bridgehead atoms. The Morgan fingerprint density at radius 2 is 1.20 bits per heavy atom. The Kier molecular flexibility index (Phi) is 9.65. The second-order valence-corrected chi connectivity index (χ2v) is 24.4. The first-order valence-corrected chi connectivity index (χ1v) is 22.8. The molecule has 250 valence electrons. The minimum atomic E-state index is -3.76. The zero-order valence-electron chi connectivity index (χ0n) is 28.9. The van der Waals surface area contributed by atoms with Crippen molar-refractivity contribution >= 4 is 66.6 Å². The molecule has 0 unspecified atom stereocenters. The molecule has 0 atom stereocenters. The van der Waals surface area contributed by atoms with Gasteiger partial charge < -0.3 is 0 Å². The molecule has 0 fully saturated rings. The summed E-state index contributed by atoms with van der Waals surface area (Å²) >= 11 is 9.04. The van der Waals surface area contributed by atoms with Crippen molar-refractivity contribution in [2.45, 2.75) is 65.2 Å². The van der Waals surface area contributed by atoms with Crippen molar-refractivity contribution in [2.75, 3.05) is 0 Å². The molecule has 49 heavy (non-hydrogen) atoms. The molecule has 4 aromatic rings. The minimum Gasteiger partial charge on any atom is -0.147 e. The van der Waals surface area contributed by atoms with E-state index < -0.39 is 19.3 Å². The summed E-state index contributed by atoms with van der Waals surface area (Å²) in [5.74, 6) is 0. The maximum atomic E-state index is 6.40. The van der Waals surface area contributed by atoms with Gasteiger partial charge in [0.25, 0.3) is 0 Å². The van der Waals surface area contributed by atoms with E-state index in [1.54, 1.807) is 6.56 Å². The van der Waals surface area contributed by atoms with E-state index >= 15 is 0 Å². The first-order valence-electron chi connectivity index (χ1n) is 16.7. The van der Waals surface area contributed by atoms with Crippen molar-refractivity contribution in [3.05, 3.63) is 158 Å². The minimum absolute atomic E-state index is 0. The molecule has 4 aliphatic carbocycles. The van der Waals surface area contributed by atoms with Crippen LogP contribution in [0.1, 0.15) is 92.5 Å². The molecule has 0 nitrogen and oxygen atoms in total.